The number of H-pyrrole nitrogens is 1. The predicted molar refractivity (Wildman–Crippen MR) is 82.9 cm³/mol. The summed E-state index contributed by atoms with van der Waals surface area (Å²) in [5, 5.41) is 3.94. The number of nitrogens with one attached hydrogen (secondary N) is 2. The van der Waals surface area contributed by atoms with Gasteiger partial charge in [0.05, 0.1) is 6.61 Å². The highest BCUT2D eigenvalue weighted by Crippen LogP contribution is 2.19. The van der Waals surface area contributed by atoms with Crippen molar-refractivity contribution in [3.8, 4) is 0 Å². The summed E-state index contributed by atoms with van der Waals surface area (Å²) in [5.41, 5.74) is 7.76. The number of aromatic nitrogens is 1. The highest BCUT2D eigenvalue weighted by molar-refractivity contribution is 5.83. The number of aromatic amines is 1. The molecular formula is C15H21FN4O. The molecule has 0 spiro atoms. The quantitative estimate of drug-likeness (QED) is 0.561. The van der Waals surface area contributed by atoms with Crippen molar-refractivity contribution in [1.82, 2.24) is 10.3 Å². The summed E-state index contributed by atoms with van der Waals surface area (Å²) >= 11 is 0. The number of ether oxygens (including phenoxy) is 1. The van der Waals surface area contributed by atoms with Crippen LogP contribution in [0, 0.1) is 5.82 Å². The second-order valence-corrected chi connectivity index (χ2v) is 5.02. The number of methoxy groups -OCH3 is 1. The lowest BCUT2D eigenvalue weighted by molar-refractivity contribution is 0.179. The lowest BCUT2D eigenvalue weighted by atomic mass is 10.1. The van der Waals surface area contributed by atoms with Crippen molar-refractivity contribution < 1.29 is 9.13 Å². The molecule has 0 aliphatic heterocycles. The monoisotopic (exact) mass is 292 g/mol. The van der Waals surface area contributed by atoms with Gasteiger partial charge in [0, 0.05) is 36.8 Å². The Labute approximate surface area is 123 Å². The van der Waals surface area contributed by atoms with Gasteiger partial charge in [-0.25, -0.2) is 4.39 Å². The van der Waals surface area contributed by atoms with Gasteiger partial charge in [-0.1, -0.05) is 0 Å². The Hall–Kier alpha value is -2.08. The standard InChI is InChI=1S/C15H21FN4O/c1-10(9-21-2)20-15(17)18-6-5-11-8-19-14-4-3-12(16)7-13(11)14/h3-4,7-8,10,19H,5-6,9H2,1-2H3,(H3,17,18,20). The summed E-state index contributed by atoms with van der Waals surface area (Å²) in [6.07, 6.45) is 2.58. The maximum Gasteiger partial charge on any atom is 0.188 e. The first kappa shape index (κ1) is 15.3. The van der Waals surface area contributed by atoms with E-state index in [0.717, 1.165) is 16.5 Å². The number of hydrogen-bond donors (Lipinski definition) is 3. The minimum absolute atomic E-state index is 0.112. The van der Waals surface area contributed by atoms with Crippen LogP contribution in [0.15, 0.2) is 29.4 Å². The van der Waals surface area contributed by atoms with Gasteiger partial charge in [-0.3, -0.25) is 4.99 Å². The van der Waals surface area contributed by atoms with Crippen molar-refractivity contribution in [2.75, 3.05) is 20.3 Å². The van der Waals surface area contributed by atoms with E-state index in [1.165, 1.54) is 12.1 Å². The van der Waals surface area contributed by atoms with Crippen molar-refractivity contribution in [2.45, 2.75) is 19.4 Å². The highest BCUT2D eigenvalue weighted by atomic mass is 19.1. The topological polar surface area (TPSA) is 75.4 Å². The maximum absolute atomic E-state index is 13.3. The Bertz CT molecular complexity index is 623. The molecule has 0 saturated carbocycles. The van der Waals surface area contributed by atoms with Crippen molar-refractivity contribution in [2.24, 2.45) is 10.7 Å². The Balaban J connectivity index is 1.94. The molecule has 114 valence electrons. The minimum atomic E-state index is -0.235. The van der Waals surface area contributed by atoms with E-state index in [1.54, 1.807) is 13.2 Å². The molecule has 2 rings (SSSR count). The Morgan fingerprint density at radius 3 is 3.10 bits per heavy atom. The molecule has 6 heteroatoms. The van der Waals surface area contributed by atoms with Gasteiger partial charge in [-0.15, -0.1) is 0 Å². The summed E-state index contributed by atoms with van der Waals surface area (Å²) in [6, 6.07) is 4.83. The zero-order valence-corrected chi connectivity index (χ0v) is 12.3. The lowest BCUT2D eigenvalue weighted by Crippen LogP contribution is -2.40. The van der Waals surface area contributed by atoms with Crippen molar-refractivity contribution >= 4 is 16.9 Å². The van der Waals surface area contributed by atoms with Crippen LogP contribution >= 0.6 is 0 Å². The molecular weight excluding hydrogens is 271 g/mol. The lowest BCUT2D eigenvalue weighted by Gasteiger charge is -2.12. The van der Waals surface area contributed by atoms with Crippen LogP contribution in [0.4, 0.5) is 4.39 Å². The second kappa shape index (κ2) is 7.08. The SMILES string of the molecule is COCC(C)NC(N)=NCCc1c[nH]c2ccc(F)cc12. The number of rotatable bonds is 6. The van der Waals surface area contributed by atoms with E-state index in [1.807, 2.05) is 13.1 Å². The third-order valence-corrected chi connectivity index (χ3v) is 3.20. The molecule has 0 aliphatic rings. The molecule has 0 fully saturated rings. The number of nitrogens with zero attached hydrogens (tertiary/aromatic N) is 1. The first-order chi connectivity index (χ1) is 10.1. The third kappa shape index (κ3) is 4.19. The normalized spacial score (nSPS) is 13.6. The summed E-state index contributed by atoms with van der Waals surface area (Å²) in [6.45, 7) is 3.08. The molecule has 0 radical (unpaired) electrons. The van der Waals surface area contributed by atoms with E-state index < -0.39 is 0 Å². The second-order valence-electron chi connectivity index (χ2n) is 5.02. The third-order valence-electron chi connectivity index (χ3n) is 3.20. The molecule has 5 nitrogen and oxygen atoms in total. The number of nitrogens with two attached hydrogens (primary N) is 1. The van der Waals surface area contributed by atoms with Gasteiger partial charge in [0.1, 0.15) is 5.82 Å². The van der Waals surface area contributed by atoms with E-state index in [0.29, 0.717) is 25.5 Å². The van der Waals surface area contributed by atoms with Crippen LogP contribution in [0.2, 0.25) is 0 Å². The van der Waals surface area contributed by atoms with E-state index in [-0.39, 0.29) is 11.9 Å². The smallest absolute Gasteiger partial charge is 0.188 e. The number of fused-ring (bicyclic) bond motifs is 1. The minimum Gasteiger partial charge on any atom is -0.383 e. The van der Waals surface area contributed by atoms with Crippen LogP contribution < -0.4 is 11.1 Å². The van der Waals surface area contributed by atoms with Gasteiger partial charge >= 0.3 is 0 Å². The number of halogens is 1. The van der Waals surface area contributed by atoms with Gasteiger partial charge in [-0.05, 0) is 37.1 Å². The maximum atomic E-state index is 13.3. The highest BCUT2D eigenvalue weighted by Gasteiger charge is 2.05. The zero-order valence-electron chi connectivity index (χ0n) is 12.3. The molecule has 1 aromatic heterocycles. The summed E-state index contributed by atoms with van der Waals surface area (Å²) in [7, 11) is 1.64. The summed E-state index contributed by atoms with van der Waals surface area (Å²) < 4.78 is 18.3. The van der Waals surface area contributed by atoms with Crippen LogP contribution in [0.1, 0.15) is 12.5 Å². The molecule has 2 aromatic rings. The van der Waals surface area contributed by atoms with Crippen LogP contribution in [-0.4, -0.2) is 37.2 Å². The molecule has 21 heavy (non-hydrogen) atoms. The fourth-order valence-corrected chi connectivity index (χ4v) is 2.24. The molecule has 0 amide bonds. The van der Waals surface area contributed by atoms with Crippen LogP contribution in [-0.2, 0) is 11.2 Å². The average molecular weight is 292 g/mol. The Morgan fingerprint density at radius 1 is 1.52 bits per heavy atom. The molecule has 4 N–H and O–H groups in total. The largest absolute Gasteiger partial charge is 0.383 e. The van der Waals surface area contributed by atoms with E-state index in [4.69, 9.17) is 10.5 Å². The van der Waals surface area contributed by atoms with Gasteiger partial charge < -0.3 is 20.8 Å². The van der Waals surface area contributed by atoms with Crippen LogP contribution in [0.25, 0.3) is 10.9 Å². The van der Waals surface area contributed by atoms with Gasteiger partial charge in [0.15, 0.2) is 5.96 Å². The number of hydrogen-bond acceptors (Lipinski definition) is 2. The first-order valence-electron chi connectivity index (χ1n) is 6.91. The summed E-state index contributed by atoms with van der Waals surface area (Å²) in [5.74, 6) is 0.159. The number of aliphatic imine (C=N–C) groups is 1. The van der Waals surface area contributed by atoms with Crippen molar-refractivity contribution in [3.63, 3.8) is 0 Å². The molecule has 1 unspecified atom stereocenters. The van der Waals surface area contributed by atoms with Gasteiger partial charge in [-0.2, -0.15) is 0 Å². The van der Waals surface area contributed by atoms with Crippen molar-refractivity contribution in [3.05, 3.63) is 35.8 Å². The van der Waals surface area contributed by atoms with Crippen LogP contribution in [0.3, 0.4) is 0 Å². The van der Waals surface area contributed by atoms with E-state index in [2.05, 4.69) is 15.3 Å². The molecule has 1 aromatic carbocycles. The number of benzene rings is 1. The molecule has 1 heterocycles. The number of guanidine groups is 1. The molecule has 0 saturated heterocycles. The fourth-order valence-electron chi connectivity index (χ4n) is 2.24. The molecule has 0 bridgehead atoms. The predicted octanol–water partition coefficient (Wildman–Crippen LogP) is 1.79. The van der Waals surface area contributed by atoms with Gasteiger partial charge in [0.2, 0.25) is 0 Å². The first-order valence-corrected chi connectivity index (χ1v) is 6.91. The van der Waals surface area contributed by atoms with Crippen LogP contribution in [0.5, 0.6) is 0 Å². The summed E-state index contributed by atoms with van der Waals surface area (Å²) in [4.78, 5) is 7.39. The van der Waals surface area contributed by atoms with Gasteiger partial charge in [0.25, 0.3) is 0 Å². The molecule has 0 aliphatic carbocycles. The average Bonchev–Trinajstić information content (AvgIpc) is 2.81. The Morgan fingerprint density at radius 2 is 2.33 bits per heavy atom. The zero-order chi connectivity index (χ0) is 15.2. The van der Waals surface area contributed by atoms with Crippen molar-refractivity contribution in [1.29, 1.82) is 0 Å². The fraction of sp³-hybridized carbons (Fsp3) is 0.400. The molecule has 1 atom stereocenters. The van der Waals surface area contributed by atoms with E-state index >= 15 is 0 Å². The van der Waals surface area contributed by atoms with E-state index in [9.17, 15) is 4.39 Å². The Kier molecular flexibility index (Phi) is 5.16.